The Morgan fingerprint density at radius 3 is 2.47 bits per heavy atom. The highest BCUT2D eigenvalue weighted by Gasteiger charge is 2.10. The van der Waals surface area contributed by atoms with Gasteiger partial charge in [0.05, 0.1) is 17.6 Å². The van der Waals surface area contributed by atoms with Crippen molar-refractivity contribution >= 4 is 11.5 Å². The molecule has 92 valence electrons. The van der Waals surface area contributed by atoms with Crippen molar-refractivity contribution in [3.8, 4) is 0 Å². The number of nitrogens with two attached hydrogens (primary N) is 1. The Labute approximate surface area is 100 Å². The Hall–Kier alpha value is -1.98. The van der Waals surface area contributed by atoms with E-state index < -0.39 is 0 Å². The summed E-state index contributed by atoms with van der Waals surface area (Å²) in [6, 6.07) is 0. The maximum absolute atomic E-state index is 5.94. The average Bonchev–Trinajstić information content (AvgIpc) is 2.71. The fourth-order valence-corrected chi connectivity index (χ4v) is 1.78. The Morgan fingerprint density at radius 1 is 1.29 bits per heavy atom. The van der Waals surface area contributed by atoms with Gasteiger partial charge in [-0.2, -0.15) is 10.2 Å². The van der Waals surface area contributed by atoms with E-state index in [1.54, 1.807) is 4.68 Å². The third-order valence-electron chi connectivity index (χ3n) is 3.05. The van der Waals surface area contributed by atoms with Gasteiger partial charge in [-0.1, -0.05) is 0 Å². The van der Waals surface area contributed by atoms with Gasteiger partial charge in [0.1, 0.15) is 5.82 Å². The van der Waals surface area contributed by atoms with Crippen molar-refractivity contribution in [1.82, 2.24) is 19.6 Å². The lowest BCUT2D eigenvalue weighted by molar-refractivity contribution is 0.737. The van der Waals surface area contributed by atoms with Gasteiger partial charge in [-0.25, -0.2) is 0 Å². The number of nitrogens with one attached hydrogen (secondary N) is 1. The van der Waals surface area contributed by atoms with Crippen molar-refractivity contribution in [2.45, 2.75) is 20.4 Å². The molecule has 0 unspecified atom stereocenters. The number of hydrogen-bond acceptors (Lipinski definition) is 4. The summed E-state index contributed by atoms with van der Waals surface area (Å²) in [5.74, 6) is 0.853. The average molecular weight is 234 g/mol. The minimum absolute atomic E-state index is 0.697. The first kappa shape index (κ1) is 11.5. The molecule has 0 bridgehead atoms. The lowest BCUT2D eigenvalue weighted by Gasteiger charge is -2.07. The van der Waals surface area contributed by atoms with E-state index in [0.29, 0.717) is 12.2 Å². The Morgan fingerprint density at radius 2 is 2.00 bits per heavy atom. The smallest absolute Gasteiger partial charge is 0.148 e. The molecule has 3 N–H and O–H groups in total. The summed E-state index contributed by atoms with van der Waals surface area (Å²) < 4.78 is 3.62. The molecule has 0 atom stereocenters. The summed E-state index contributed by atoms with van der Waals surface area (Å²) >= 11 is 0. The number of nitrogens with zero attached hydrogens (tertiary/aromatic N) is 4. The molecule has 0 aliphatic rings. The fraction of sp³-hybridized carbons (Fsp3) is 0.455. The zero-order valence-corrected chi connectivity index (χ0v) is 10.7. The van der Waals surface area contributed by atoms with Gasteiger partial charge in [-0.15, -0.1) is 0 Å². The summed E-state index contributed by atoms with van der Waals surface area (Å²) in [6.45, 7) is 4.64. The molecule has 0 fully saturated rings. The van der Waals surface area contributed by atoms with E-state index in [0.717, 1.165) is 22.8 Å². The highest BCUT2D eigenvalue weighted by Crippen LogP contribution is 2.21. The quantitative estimate of drug-likeness (QED) is 0.829. The van der Waals surface area contributed by atoms with Gasteiger partial charge in [0.2, 0.25) is 0 Å². The van der Waals surface area contributed by atoms with E-state index in [2.05, 4.69) is 15.5 Å². The lowest BCUT2D eigenvalue weighted by atomic mass is 10.2. The molecule has 2 rings (SSSR count). The predicted molar refractivity (Wildman–Crippen MR) is 67.6 cm³/mol. The SMILES string of the molecule is Cc1nn(C)c(NCc2cnn(C)c2C)c1N. The standard InChI is InChI=1S/C11H18N6/c1-7-10(12)11(17(4)15-7)13-5-9-6-14-16(3)8(9)2/h6,13H,5,12H2,1-4H3. The van der Waals surface area contributed by atoms with E-state index in [1.165, 1.54) is 0 Å². The fourth-order valence-electron chi connectivity index (χ4n) is 1.78. The van der Waals surface area contributed by atoms with Crippen LogP contribution in [0.25, 0.3) is 0 Å². The van der Waals surface area contributed by atoms with Crippen molar-refractivity contribution < 1.29 is 0 Å². The van der Waals surface area contributed by atoms with Gasteiger partial charge < -0.3 is 11.1 Å². The zero-order valence-electron chi connectivity index (χ0n) is 10.7. The Bertz CT molecular complexity index is 536. The van der Waals surface area contributed by atoms with Crippen LogP contribution in [-0.2, 0) is 20.6 Å². The summed E-state index contributed by atoms with van der Waals surface area (Å²) in [7, 11) is 3.81. The van der Waals surface area contributed by atoms with Crippen LogP contribution in [0, 0.1) is 13.8 Å². The van der Waals surface area contributed by atoms with Crippen molar-refractivity contribution in [3.05, 3.63) is 23.1 Å². The molecule has 0 aromatic carbocycles. The number of rotatable bonds is 3. The van der Waals surface area contributed by atoms with Gasteiger partial charge in [0.15, 0.2) is 0 Å². The number of aryl methyl sites for hydroxylation is 3. The lowest BCUT2D eigenvalue weighted by Crippen LogP contribution is -2.07. The highest BCUT2D eigenvalue weighted by atomic mass is 15.3. The summed E-state index contributed by atoms with van der Waals surface area (Å²) in [6.07, 6.45) is 1.86. The van der Waals surface area contributed by atoms with Crippen molar-refractivity contribution in [1.29, 1.82) is 0 Å². The number of anilines is 2. The number of aromatic nitrogens is 4. The van der Waals surface area contributed by atoms with Crippen LogP contribution in [0.4, 0.5) is 11.5 Å². The number of hydrogen-bond donors (Lipinski definition) is 2. The van der Waals surface area contributed by atoms with Crippen LogP contribution in [0.2, 0.25) is 0 Å². The van der Waals surface area contributed by atoms with Gasteiger partial charge in [-0.3, -0.25) is 9.36 Å². The van der Waals surface area contributed by atoms with Crippen molar-refractivity contribution in [2.75, 3.05) is 11.1 Å². The van der Waals surface area contributed by atoms with Gasteiger partial charge in [-0.05, 0) is 13.8 Å². The Kier molecular flexibility index (Phi) is 2.79. The molecular weight excluding hydrogens is 216 g/mol. The second-order valence-electron chi connectivity index (χ2n) is 4.20. The highest BCUT2D eigenvalue weighted by molar-refractivity contribution is 5.64. The molecule has 0 amide bonds. The van der Waals surface area contributed by atoms with Crippen LogP contribution in [0.15, 0.2) is 6.20 Å². The maximum atomic E-state index is 5.94. The summed E-state index contributed by atoms with van der Waals surface area (Å²) in [4.78, 5) is 0. The molecule has 0 saturated heterocycles. The van der Waals surface area contributed by atoms with Crippen LogP contribution in [0.1, 0.15) is 17.0 Å². The maximum Gasteiger partial charge on any atom is 0.148 e. The molecule has 0 radical (unpaired) electrons. The van der Waals surface area contributed by atoms with Crippen LogP contribution >= 0.6 is 0 Å². The summed E-state index contributed by atoms with van der Waals surface area (Å²) in [5, 5.41) is 11.8. The van der Waals surface area contributed by atoms with E-state index in [4.69, 9.17) is 5.73 Å². The molecule has 2 heterocycles. The topological polar surface area (TPSA) is 73.7 Å². The first-order valence-corrected chi connectivity index (χ1v) is 5.51. The molecule has 17 heavy (non-hydrogen) atoms. The largest absolute Gasteiger partial charge is 0.394 e. The predicted octanol–water partition coefficient (Wildman–Crippen LogP) is 0.965. The minimum Gasteiger partial charge on any atom is -0.394 e. The zero-order chi connectivity index (χ0) is 12.6. The molecule has 2 aromatic heterocycles. The van der Waals surface area contributed by atoms with Crippen LogP contribution in [0.3, 0.4) is 0 Å². The van der Waals surface area contributed by atoms with Crippen molar-refractivity contribution in [2.24, 2.45) is 14.1 Å². The second-order valence-corrected chi connectivity index (χ2v) is 4.20. The summed E-state index contributed by atoms with van der Waals surface area (Å²) in [5.41, 5.74) is 9.80. The van der Waals surface area contributed by atoms with Gasteiger partial charge in [0, 0.05) is 31.9 Å². The van der Waals surface area contributed by atoms with Crippen LogP contribution in [0.5, 0.6) is 0 Å². The van der Waals surface area contributed by atoms with E-state index >= 15 is 0 Å². The molecule has 6 heteroatoms. The van der Waals surface area contributed by atoms with E-state index in [9.17, 15) is 0 Å². The minimum atomic E-state index is 0.697. The van der Waals surface area contributed by atoms with E-state index in [1.807, 2.05) is 38.8 Å². The normalized spacial score (nSPS) is 10.8. The second kappa shape index (κ2) is 4.12. The molecule has 0 saturated carbocycles. The molecular formula is C11H18N6. The molecule has 0 spiro atoms. The van der Waals surface area contributed by atoms with Gasteiger partial charge in [0.25, 0.3) is 0 Å². The molecule has 6 nitrogen and oxygen atoms in total. The van der Waals surface area contributed by atoms with E-state index in [-0.39, 0.29) is 0 Å². The molecule has 0 aliphatic carbocycles. The monoisotopic (exact) mass is 234 g/mol. The number of nitrogen functional groups attached to an aromatic ring is 1. The molecule has 2 aromatic rings. The van der Waals surface area contributed by atoms with Crippen molar-refractivity contribution in [3.63, 3.8) is 0 Å². The van der Waals surface area contributed by atoms with Crippen LogP contribution < -0.4 is 11.1 Å². The van der Waals surface area contributed by atoms with Crippen LogP contribution in [-0.4, -0.2) is 19.6 Å². The first-order valence-electron chi connectivity index (χ1n) is 5.51. The van der Waals surface area contributed by atoms with Gasteiger partial charge >= 0.3 is 0 Å². The third kappa shape index (κ3) is 1.98. The first-order chi connectivity index (χ1) is 8.00. The third-order valence-corrected chi connectivity index (χ3v) is 3.05. The molecule has 0 aliphatic heterocycles. The Balaban J connectivity index is 2.15.